The molecule has 0 aliphatic heterocycles. The molecular formula is C12H16F2N2O. The summed E-state index contributed by atoms with van der Waals surface area (Å²) >= 11 is 0. The number of rotatable bonds is 5. The fraction of sp³-hybridized carbons (Fsp3) is 0.417. The Labute approximate surface area is 99.0 Å². The molecule has 0 heterocycles. The summed E-state index contributed by atoms with van der Waals surface area (Å²) in [6.07, 6.45) is 1.61. The van der Waals surface area contributed by atoms with Gasteiger partial charge in [-0.2, -0.15) is 0 Å². The number of nitrogens with one attached hydrogen (secondary N) is 1. The Morgan fingerprint density at radius 2 is 1.88 bits per heavy atom. The van der Waals surface area contributed by atoms with Crippen LogP contribution in [0.2, 0.25) is 0 Å². The minimum atomic E-state index is -0.940. The summed E-state index contributed by atoms with van der Waals surface area (Å²) in [4.78, 5) is 10.9. The van der Waals surface area contributed by atoms with Gasteiger partial charge in [-0.05, 0) is 18.9 Å². The number of amides is 1. The van der Waals surface area contributed by atoms with E-state index >= 15 is 0 Å². The predicted molar refractivity (Wildman–Crippen MR) is 62.9 cm³/mol. The molecular weight excluding hydrogens is 226 g/mol. The van der Waals surface area contributed by atoms with Gasteiger partial charge in [0.1, 0.15) is 11.6 Å². The lowest BCUT2D eigenvalue weighted by Gasteiger charge is -2.17. The summed E-state index contributed by atoms with van der Waals surface area (Å²) in [5.74, 6) is -2.57. The Kier molecular flexibility index (Phi) is 4.43. The van der Waals surface area contributed by atoms with E-state index in [1.807, 2.05) is 13.8 Å². The largest absolute Gasteiger partial charge is 0.380 e. The molecule has 0 aromatic heterocycles. The van der Waals surface area contributed by atoms with Crippen LogP contribution in [0.25, 0.3) is 0 Å². The van der Waals surface area contributed by atoms with E-state index in [1.165, 1.54) is 0 Å². The summed E-state index contributed by atoms with van der Waals surface area (Å²) in [5, 5.41) is 2.92. The molecule has 0 aliphatic rings. The zero-order valence-corrected chi connectivity index (χ0v) is 9.89. The smallest absolute Gasteiger partial charge is 0.251 e. The maximum Gasteiger partial charge on any atom is 0.251 e. The van der Waals surface area contributed by atoms with Crippen LogP contribution in [-0.2, 0) is 0 Å². The summed E-state index contributed by atoms with van der Waals surface area (Å²) in [6, 6.07) is 1.87. The van der Waals surface area contributed by atoms with Crippen LogP contribution >= 0.6 is 0 Å². The standard InChI is InChI=1S/C12H16F2N2O/c1-3-7(4-2)16-11-5-8(12(15)17)9(13)6-10(11)14/h5-7,16H,3-4H2,1-2H3,(H2,15,17). The number of benzene rings is 1. The first kappa shape index (κ1) is 13.4. The molecule has 3 nitrogen and oxygen atoms in total. The van der Waals surface area contributed by atoms with Crippen LogP contribution in [-0.4, -0.2) is 11.9 Å². The van der Waals surface area contributed by atoms with Crippen molar-refractivity contribution in [3.05, 3.63) is 29.3 Å². The number of nitrogens with two attached hydrogens (primary N) is 1. The summed E-state index contributed by atoms with van der Waals surface area (Å²) in [7, 11) is 0. The summed E-state index contributed by atoms with van der Waals surface area (Å²) in [5.41, 5.74) is 4.80. The van der Waals surface area contributed by atoms with Crippen LogP contribution in [0.1, 0.15) is 37.0 Å². The van der Waals surface area contributed by atoms with E-state index in [4.69, 9.17) is 5.73 Å². The first-order valence-corrected chi connectivity index (χ1v) is 5.54. The van der Waals surface area contributed by atoms with Gasteiger partial charge in [-0.3, -0.25) is 4.79 Å². The topological polar surface area (TPSA) is 55.1 Å². The Morgan fingerprint density at radius 1 is 1.29 bits per heavy atom. The fourth-order valence-electron chi connectivity index (χ4n) is 1.56. The third kappa shape index (κ3) is 3.15. The second-order valence-corrected chi connectivity index (χ2v) is 3.83. The minimum absolute atomic E-state index is 0.0793. The van der Waals surface area contributed by atoms with Crippen LogP contribution in [0.5, 0.6) is 0 Å². The highest BCUT2D eigenvalue weighted by Gasteiger charge is 2.15. The van der Waals surface area contributed by atoms with Crippen molar-refractivity contribution in [2.45, 2.75) is 32.7 Å². The molecule has 0 saturated heterocycles. The molecule has 0 bridgehead atoms. The number of carbonyl (C=O) groups is 1. The third-order valence-electron chi connectivity index (χ3n) is 2.67. The molecule has 0 radical (unpaired) electrons. The van der Waals surface area contributed by atoms with Gasteiger partial charge in [0.15, 0.2) is 0 Å². The van der Waals surface area contributed by atoms with Crippen LogP contribution in [0.4, 0.5) is 14.5 Å². The van der Waals surface area contributed by atoms with Crippen LogP contribution in [0.3, 0.4) is 0 Å². The molecule has 0 atom stereocenters. The van der Waals surface area contributed by atoms with Crippen molar-refractivity contribution >= 4 is 11.6 Å². The number of halogens is 2. The maximum atomic E-state index is 13.5. The first-order chi connectivity index (χ1) is 7.99. The molecule has 94 valence electrons. The van der Waals surface area contributed by atoms with E-state index in [0.29, 0.717) is 6.07 Å². The lowest BCUT2D eigenvalue weighted by molar-refractivity contribution is 0.0996. The van der Waals surface area contributed by atoms with Crippen molar-refractivity contribution < 1.29 is 13.6 Å². The second kappa shape index (κ2) is 5.61. The summed E-state index contributed by atoms with van der Waals surface area (Å²) in [6.45, 7) is 3.91. The molecule has 1 aromatic rings. The highest BCUT2D eigenvalue weighted by molar-refractivity contribution is 5.94. The van der Waals surface area contributed by atoms with E-state index in [0.717, 1.165) is 18.9 Å². The van der Waals surface area contributed by atoms with Gasteiger partial charge in [0.25, 0.3) is 5.91 Å². The zero-order valence-electron chi connectivity index (χ0n) is 9.89. The van der Waals surface area contributed by atoms with Crippen molar-refractivity contribution in [1.82, 2.24) is 0 Å². The van der Waals surface area contributed by atoms with Gasteiger partial charge in [0, 0.05) is 12.1 Å². The molecule has 3 N–H and O–H groups in total. The molecule has 0 aliphatic carbocycles. The van der Waals surface area contributed by atoms with Crippen LogP contribution < -0.4 is 11.1 Å². The third-order valence-corrected chi connectivity index (χ3v) is 2.67. The van der Waals surface area contributed by atoms with Gasteiger partial charge >= 0.3 is 0 Å². The molecule has 0 unspecified atom stereocenters. The summed E-state index contributed by atoms with van der Waals surface area (Å²) < 4.78 is 26.7. The quantitative estimate of drug-likeness (QED) is 0.834. The van der Waals surface area contributed by atoms with E-state index in [-0.39, 0.29) is 17.3 Å². The molecule has 0 spiro atoms. The van der Waals surface area contributed by atoms with Crippen molar-refractivity contribution in [1.29, 1.82) is 0 Å². The Hall–Kier alpha value is -1.65. The van der Waals surface area contributed by atoms with Crippen molar-refractivity contribution in [3.8, 4) is 0 Å². The fourth-order valence-corrected chi connectivity index (χ4v) is 1.56. The zero-order chi connectivity index (χ0) is 13.0. The molecule has 17 heavy (non-hydrogen) atoms. The van der Waals surface area contributed by atoms with Gasteiger partial charge in [-0.25, -0.2) is 8.78 Å². The van der Waals surface area contributed by atoms with E-state index in [2.05, 4.69) is 5.32 Å². The molecule has 5 heteroatoms. The second-order valence-electron chi connectivity index (χ2n) is 3.83. The predicted octanol–water partition coefficient (Wildman–Crippen LogP) is 2.66. The lowest BCUT2D eigenvalue weighted by Crippen LogP contribution is -2.20. The van der Waals surface area contributed by atoms with Crippen LogP contribution in [0.15, 0.2) is 12.1 Å². The SMILES string of the molecule is CCC(CC)Nc1cc(C(N)=O)c(F)cc1F. The average molecular weight is 242 g/mol. The molecule has 1 rings (SSSR count). The van der Waals surface area contributed by atoms with E-state index in [1.54, 1.807) is 0 Å². The van der Waals surface area contributed by atoms with Crippen molar-refractivity contribution in [2.75, 3.05) is 5.32 Å². The Balaban J connectivity index is 3.07. The first-order valence-electron chi connectivity index (χ1n) is 5.54. The van der Waals surface area contributed by atoms with Gasteiger partial charge in [-0.15, -0.1) is 0 Å². The Bertz CT molecular complexity index is 417. The number of hydrogen-bond acceptors (Lipinski definition) is 2. The molecule has 0 saturated carbocycles. The maximum absolute atomic E-state index is 13.5. The number of carbonyl (C=O) groups excluding carboxylic acids is 1. The molecule has 1 aromatic carbocycles. The van der Waals surface area contributed by atoms with Crippen molar-refractivity contribution in [3.63, 3.8) is 0 Å². The average Bonchev–Trinajstić information content (AvgIpc) is 2.27. The monoisotopic (exact) mass is 242 g/mol. The molecule has 0 fully saturated rings. The van der Waals surface area contributed by atoms with Gasteiger partial charge in [0.2, 0.25) is 0 Å². The van der Waals surface area contributed by atoms with Crippen LogP contribution in [0, 0.1) is 11.6 Å². The molecule has 1 amide bonds. The van der Waals surface area contributed by atoms with Gasteiger partial charge in [-0.1, -0.05) is 13.8 Å². The van der Waals surface area contributed by atoms with Gasteiger partial charge in [0.05, 0.1) is 11.3 Å². The normalized spacial score (nSPS) is 10.6. The van der Waals surface area contributed by atoms with E-state index in [9.17, 15) is 13.6 Å². The Morgan fingerprint density at radius 3 is 2.35 bits per heavy atom. The number of anilines is 1. The minimum Gasteiger partial charge on any atom is -0.380 e. The highest BCUT2D eigenvalue weighted by atomic mass is 19.1. The van der Waals surface area contributed by atoms with Gasteiger partial charge < -0.3 is 11.1 Å². The number of hydrogen-bond donors (Lipinski definition) is 2. The highest BCUT2D eigenvalue weighted by Crippen LogP contribution is 2.21. The van der Waals surface area contributed by atoms with E-state index < -0.39 is 17.5 Å². The lowest BCUT2D eigenvalue weighted by atomic mass is 10.1. The van der Waals surface area contributed by atoms with Crippen molar-refractivity contribution in [2.24, 2.45) is 5.73 Å². The number of primary amides is 1.